The van der Waals surface area contributed by atoms with Crippen LogP contribution >= 0.6 is 0 Å². The molecule has 2 unspecified atom stereocenters. The molecule has 1 saturated heterocycles. The maximum atomic E-state index is 9.53. The predicted octanol–water partition coefficient (Wildman–Crippen LogP) is 2.54. The molecule has 1 fully saturated rings. The highest BCUT2D eigenvalue weighted by atomic mass is 15.2. The van der Waals surface area contributed by atoms with Crippen LogP contribution in [0.4, 0.5) is 5.82 Å². The molecule has 21 heavy (non-hydrogen) atoms. The van der Waals surface area contributed by atoms with E-state index in [0.717, 1.165) is 43.6 Å². The van der Waals surface area contributed by atoms with Crippen molar-refractivity contribution in [3.8, 4) is 6.07 Å². The molecule has 1 aromatic rings. The molecule has 2 aliphatic rings. The summed E-state index contributed by atoms with van der Waals surface area (Å²) in [7, 11) is 0. The number of hydrogen-bond acceptors (Lipinski definition) is 4. The number of aryl methyl sites for hydroxylation is 2. The van der Waals surface area contributed by atoms with E-state index in [-0.39, 0.29) is 6.04 Å². The number of pyridine rings is 1. The van der Waals surface area contributed by atoms with Gasteiger partial charge in [-0.05, 0) is 63.5 Å². The van der Waals surface area contributed by atoms with Crippen LogP contribution in [0.5, 0.6) is 0 Å². The van der Waals surface area contributed by atoms with Gasteiger partial charge in [0.2, 0.25) is 0 Å². The number of nitriles is 1. The Kier molecular flexibility index (Phi) is 4.12. The van der Waals surface area contributed by atoms with Gasteiger partial charge in [0.15, 0.2) is 0 Å². The number of rotatable bonds is 2. The first kappa shape index (κ1) is 14.3. The van der Waals surface area contributed by atoms with Crippen molar-refractivity contribution in [2.75, 3.05) is 11.4 Å². The van der Waals surface area contributed by atoms with Crippen LogP contribution in [0, 0.1) is 11.3 Å². The quantitative estimate of drug-likeness (QED) is 0.906. The van der Waals surface area contributed by atoms with Crippen molar-refractivity contribution in [1.82, 2.24) is 4.98 Å². The van der Waals surface area contributed by atoms with E-state index in [1.54, 1.807) is 0 Å². The molecular weight excluding hydrogens is 260 g/mol. The number of hydrogen-bond donors (Lipinski definition) is 1. The summed E-state index contributed by atoms with van der Waals surface area (Å²) in [5.74, 6) is 0.875. The van der Waals surface area contributed by atoms with E-state index in [4.69, 9.17) is 10.7 Å². The van der Waals surface area contributed by atoms with E-state index >= 15 is 0 Å². The minimum Gasteiger partial charge on any atom is -0.351 e. The van der Waals surface area contributed by atoms with Crippen molar-refractivity contribution in [2.24, 2.45) is 5.73 Å². The molecule has 2 heterocycles. The van der Waals surface area contributed by atoms with Gasteiger partial charge in [-0.15, -0.1) is 0 Å². The number of aromatic nitrogens is 1. The first-order chi connectivity index (χ1) is 10.2. The zero-order valence-corrected chi connectivity index (χ0v) is 12.8. The Hall–Kier alpha value is -1.60. The Morgan fingerprint density at radius 2 is 2.14 bits per heavy atom. The Bertz CT molecular complexity index is 559. The second-order valence-corrected chi connectivity index (χ2v) is 6.40. The van der Waals surface area contributed by atoms with Crippen LogP contribution in [0.1, 0.15) is 55.8 Å². The van der Waals surface area contributed by atoms with E-state index in [0.29, 0.717) is 6.04 Å². The average molecular weight is 284 g/mol. The first-order valence-electron chi connectivity index (χ1n) is 8.16. The lowest BCUT2D eigenvalue weighted by atomic mass is 9.93. The van der Waals surface area contributed by atoms with Crippen LogP contribution in [0.25, 0.3) is 0 Å². The number of nitrogens with two attached hydrogens (primary N) is 1. The molecule has 0 radical (unpaired) electrons. The highest BCUT2D eigenvalue weighted by Gasteiger charge is 2.29. The highest BCUT2D eigenvalue weighted by Crippen LogP contribution is 2.31. The molecular formula is C17H24N4. The summed E-state index contributed by atoms with van der Waals surface area (Å²) in [5, 5.41) is 9.53. The topological polar surface area (TPSA) is 65.9 Å². The van der Waals surface area contributed by atoms with Crippen molar-refractivity contribution in [2.45, 2.75) is 64.0 Å². The Morgan fingerprint density at radius 1 is 1.33 bits per heavy atom. The van der Waals surface area contributed by atoms with Gasteiger partial charge >= 0.3 is 0 Å². The van der Waals surface area contributed by atoms with Crippen LogP contribution in [0.3, 0.4) is 0 Å². The lowest BCUT2D eigenvalue weighted by Gasteiger charge is -2.39. The van der Waals surface area contributed by atoms with Crippen molar-refractivity contribution in [1.29, 1.82) is 5.26 Å². The van der Waals surface area contributed by atoms with E-state index in [1.807, 2.05) is 0 Å². The van der Waals surface area contributed by atoms with Crippen molar-refractivity contribution >= 4 is 5.82 Å². The van der Waals surface area contributed by atoms with Gasteiger partial charge in [-0.3, -0.25) is 0 Å². The summed E-state index contributed by atoms with van der Waals surface area (Å²) >= 11 is 0. The fourth-order valence-electron chi connectivity index (χ4n) is 3.69. The lowest BCUT2D eigenvalue weighted by molar-refractivity contribution is 0.410. The molecule has 2 atom stereocenters. The third kappa shape index (κ3) is 2.75. The number of fused-ring (bicyclic) bond motifs is 1. The molecule has 0 bridgehead atoms. The Morgan fingerprint density at radius 3 is 2.90 bits per heavy atom. The fourth-order valence-corrected chi connectivity index (χ4v) is 3.69. The predicted molar refractivity (Wildman–Crippen MR) is 84.2 cm³/mol. The molecule has 3 rings (SSSR count). The van der Waals surface area contributed by atoms with E-state index in [2.05, 4.69) is 24.0 Å². The highest BCUT2D eigenvalue weighted by molar-refractivity contribution is 5.57. The van der Waals surface area contributed by atoms with Crippen molar-refractivity contribution in [3.63, 3.8) is 0 Å². The number of nitrogens with zero attached hydrogens (tertiary/aromatic N) is 3. The number of anilines is 1. The fraction of sp³-hybridized carbons (Fsp3) is 0.647. The van der Waals surface area contributed by atoms with E-state index in [9.17, 15) is 5.26 Å². The second-order valence-electron chi connectivity index (χ2n) is 6.40. The lowest BCUT2D eigenvalue weighted by Crippen LogP contribution is -2.50. The molecule has 1 aromatic heterocycles. The summed E-state index contributed by atoms with van der Waals surface area (Å²) in [4.78, 5) is 7.18. The van der Waals surface area contributed by atoms with Crippen LogP contribution < -0.4 is 10.6 Å². The van der Waals surface area contributed by atoms with Crippen LogP contribution in [0.15, 0.2) is 6.07 Å². The van der Waals surface area contributed by atoms with Gasteiger partial charge in [-0.2, -0.15) is 5.26 Å². The summed E-state index contributed by atoms with van der Waals surface area (Å²) in [6.45, 7) is 3.03. The second kappa shape index (κ2) is 6.03. The standard InChI is InChI=1S/C17H24N4/c1-12(19)16-8-4-5-9-21(16)17-14(11-18)10-13-6-2-3-7-15(13)20-17/h10,12,16H,2-9,19H2,1H3. The third-order valence-corrected chi connectivity index (χ3v) is 4.83. The molecule has 1 aliphatic heterocycles. The zero-order chi connectivity index (χ0) is 14.8. The van der Waals surface area contributed by atoms with Crippen molar-refractivity contribution < 1.29 is 0 Å². The summed E-state index contributed by atoms with van der Waals surface area (Å²) in [6.07, 6.45) is 8.01. The summed E-state index contributed by atoms with van der Waals surface area (Å²) in [6, 6.07) is 4.84. The van der Waals surface area contributed by atoms with Crippen LogP contribution in [-0.2, 0) is 12.8 Å². The molecule has 2 N–H and O–H groups in total. The Labute approximate surface area is 127 Å². The van der Waals surface area contributed by atoms with Crippen molar-refractivity contribution in [3.05, 3.63) is 22.9 Å². The maximum absolute atomic E-state index is 9.53. The molecule has 0 aromatic carbocycles. The first-order valence-corrected chi connectivity index (χ1v) is 8.16. The average Bonchev–Trinajstić information content (AvgIpc) is 2.53. The summed E-state index contributed by atoms with van der Waals surface area (Å²) in [5.41, 5.74) is 9.37. The molecule has 1 aliphatic carbocycles. The van der Waals surface area contributed by atoms with Gasteiger partial charge < -0.3 is 10.6 Å². The van der Waals surface area contributed by atoms with Gasteiger partial charge in [-0.1, -0.05) is 0 Å². The minimum absolute atomic E-state index is 0.106. The smallest absolute Gasteiger partial charge is 0.147 e. The SMILES string of the molecule is CC(N)C1CCCCN1c1nc2c(cc1C#N)CCCC2. The third-order valence-electron chi connectivity index (χ3n) is 4.83. The molecule has 4 heteroatoms. The van der Waals surface area contributed by atoms with Gasteiger partial charge in [0, 0.05) is 24.3 Å². The van der Waals surface area contributed by atoms with Gasteiger partial charge in [0.1, 0.15) is 11.9 Å². The summed E-state index contributed by atoms with van der Waals surface area (Å²) < 4.78 is 0. The molecule has 112 valence electrons. The monoisotopic (exact) mass is 284 g/mol. The Balaban J connectivity index is 2.01. The zero-order valence-electron chi connectivity index (χ0n) is 12.8. The molecule has 0 amide bonds. The van der Waals surface area contributed by atoms with Gasteiger partial charge in [0.05, 0.1) is 5.56 Å². The maximum Gasteiger partial charge on any atom is 0.147 e. The van der Waals surface area contributed by atoms with Crippen LogP contribution in [0.2, 0.25) is 0 Å². The van der Waals surface area contributed by atoms with E-state index < -0.39 is 0 Å². The minimum atomic E-state index is 0.106. The molecule has 0 spiro atoms. The van der Waals surface area contributed by atoms with Crippen LogP contribution in [-0.4, -0.2) is 23.6 Å². The van der Waals surface area contributed by atoms with E-state index in [1.165, 1.54) is 30.5 Å². The molecule has 0 saturated carbocycles. The van der Waals surface area contributed by atoms with Gasteiger partial charge in [0.25, 0.3) is 0 Å². The van der Waals surface area contributed by atoms with Gasteiger partial charge in [-0.25, -0.2) is 4.98 Å². The number of piperidine rings is 1. The normalized spacial score (nSPS) is 23.3. The largest absolute Gasteiger partial charge is 0.351 e. The molecule has 4 nitrogen and oxygen atoms in total.